The normalized spacial score (nSPS) is 19.7. The Morgan fingerprint density at radius 2 is 1.91 bits per heavy atom. The maximum absolute atomic E-state index is 12.8. The summed E-state index contributed by atoms with van der Waals surface area (Å²) in [6.07, 6.45) is 0.325. The molecular formula is C16H20F3N3O. The molecule has 3 rings (SSSR count). The highest BCUT2D eigenvalue weighted by Gasteiger charge is 2.36. The van der Waals surface area contributed by atoms with Crippen molar-refractivity contribution in [2.45, 2.75) is 37.9 Å². The van der Waals surface area contributed by atoms with Crippen molar-refractivity contribution >= 4 is 11.7 Å². The molecule has 1 amide bonds. The van der Waals surface area contributed by atoms with Crippen LogP contribution < -0.4 is 4.90 Å². The van der Waals surface area contributed by atoms with Gasteiger partial charge in [-0.2, -0.15) is 13.2 Å². The second-order valence-corrected chi connectivity index (χ2v) is 6.34. The van der Waals surface area contributed by atoms with Crippen LogP contribution in [0.15, 0.2) is 18.3 Å². The van der Waals surface area contributed by atoms with Gasteiger partial charge >= 0.3 is 6.18 Å². The molecule has 2 fully saturated rings. The van der Waals surface area contributed by atoms with Crippen molar-refractivity contribution in [2.24, 2.45) is 5.92 Å². The van der Waals surface area contributed by atoms with E-state index >= 15 is 0 Å². The Hall–Kier alpha value is -1.79. The molecule has 126 valence electrons. The predicted molar refractivity (Wildman–Crippen MR) is 80.0 cm³/mol. The topological polar surface area (TPSA) is 36.4 Å². The number of amides is 1. The second-order valence-electron chi connectivity index (χ2n) is 6.34. The van der Waals surface area contributed by atoms with E-state index in [1.165, 1.54) is 6.20 Å². The van der Waals surface area contributed by atoms with Crippen molar-refractivity contribution in [1.29, 1.82) is 0 Å². The zero-order chi connectivity index (χ0) is 16.6. The SMILES string of the molecule is CN(C(=O)C1CC1)C1CCN(c2cc(C(F)(F)F)ccn2)CC1. The van der Waals surface area contributed by atoms with Gasteiger partial charge in [-0.1, -0.05) is 0 Å². The van der Waals surface area contributed by atoms with Gasteiger partial charge in [-0.15, -0.1) is 0 Å². The third-order valence-electron chi connectivity index (χ3n) is 4.68. The van der Waals surface area contributed by atoms with Gasteiger partial charge in [-0.05, 0) is 37.8 Å². The number of rotatable bonds is 3. The standard InChI is InChI=1S/C16H20F3N3O/c1-21(15(23)11-2-3-11)13-5-8-22(9-6-13)14-10-12(4-7-20-14)16(17,18)19/h4,7,10-11,13H,2-3,5-6,8-9H2,1H3. The molecule has 0 atom stereocenters. The van der Waals surface area contributed by atoms with Crippen LogP contribution in [0.25, 0.3) is 0 Å². The summed E-state index contributed by atoms with van der Waals surface area (Å²) in [4.78, 5) is 19.8. The first-order chi connectivity index (χ1) is 10.9. The summed E-state index contributed by atoms with van der Waals surface area (Å²) in [6.45, 7) is 1.22. The Kier molecular flexibility index (Phi) is 4.21. The summed E-state index contributed by atoms with van der Waals surface area (Å²) in [7, 11) is 1.84. The van der Waals surface area contributed by atoms with Gasteiger partial charge in [0.2, 0.25) is 5.91 Å². The summed E-state index contributed by atoms with van der Waals surface area (Å²) in [5.41, 5.74) is -0.675. The van der Waals surface area contributed by atoms with Crippen molar-refractivity contribution in [3.63, 3.8) is 0 Å². The minimum atomic E-state index is -4.35. The molecule has 0 bridgehead atoms. The van der Waals surface area contributed by atoms with Crippen molar-refractivity contribution in [3.05, 3.63) is 23.9 Å². The highest BCUT2D eigenvalue weighted by molar-refractivity contribution is 5.81. The van der Waals surface area contributed by atoms with Crippen molar-refractivity contribution in [2.75, 3.05) is 25.0 Å². The van der Waals surface area contributed by atoms with Gasteiger partial charge in [0.25, 0.3) is 0 Å². The van der Waals surface area contributed by atoms with Crippen molar-refractivity contribution in [1.82, 2.24) is 9.88 Å². The average Bonchev–Trinajstić information content (AvgIpc) is 3.38. The summed E-state index contributed by atoms with van der Waals surface area (Å²) < 4.78 is 38.3. The van der Waals surface area contributed by atoms with Crippen LogP contribution in [0, 0.1) is 5.92 Å². The zero-order valence-corrected chi connectivity index (χ0v) is 13.0. The van der Waals surface area contributed by atoms with E-state index in [9.17, 15) is 18.0 Å². The number of alkyl halides is 3. The van der Waals surface area contributed by atoms with E-state index in [4.69, 9.17) is 0 Å². The number of pyridine rings is 1. The van der Waals surface area contributed by atoms with E-state index in [0.29, 0.717) is 18.9 Å². The number of hydrogen-bond donors (Lipinski definition) is 0. The molecule has 2 heterocycles. The molecule has 23 heavy (non-hydrogen) atoms. The van der Waals surface area contributed by atoms with Crippen LogP contribution in [0.3, 0.4) is 0 Å². The molecule has 0 spiro atoms. The molecule has 0 radical (unpaired) electrons. The van der Waals surface area contributed by atoms with Gasteiger partial charge in [-0.3, -0.25) is 4.79 Å². The number of carbonyl (C=O) groups is 1. The van der Waals surface area contributed by atoms with E-state index in [0.717, 1.165) is 37.8 Å². The first-order valence-corrected chi connectivity index (χ1v) is 7.91. The molecule has 1 aliphatic carbocycles. The highest BCUT2D eigenvalue weighted by Crippen LogP contribution is 2.33. The lowest BCUT2D eigenvalue weighted by molar-refractivity contribution is -0.137. The van der Waals surface area contributed by atoms with Crippen molar-refractivity contribution < 1.29 is 18.0 Å². The Bertz CT molecular complexity index is 578. The lowest BCUT2D eigenvalue weighted by Crippen LogP contribution is -2.46. The largest absolute Gasteiger partial charge is 0.416 e. The van der Waals surface area contributed by atoms with E-state index in [2.05, 4.69) is 4.98 Å². The smallest absolute Gasteiger partial charge is 0.356 e. The number of halogens is 3. The number of anilines is 1. The fourth-order valence-electron chi connectivity index (χ4n) is 3.05. The van der Waals surface area contributed by atoms with Crippen LogP contribution >= 0.6 is 0 Å². The molecule has 0 N–H and O–H groups in total. The van der Waals surface area contributed by atoms with Gasteiger partial charge in [-0.25, -0.2) is 4.98 Å². The lowest BCUT2D eigenvalue weighted by atomic mass is 10.0. The lowest BCUT2D eigenvalue weighted by Gasteiger charge is -2.37. The monoisotopic (exact) mass is 327 g/mol. The van der Waals surface area contributed by atoms with Crippen molar-refractivity contribution in [3.8, 4) is 0 Å². The minimum absolute atomic E-state index is 0.171. The van der Waals surface area contributed by atoms with Crippen LogP contribution in [0.1, 0.15) is 31.2 Å². The molecule has 0 unspecified atom stereocenters. The first kappa shape index (κ1) is 16.1. The van der Waals surface area contributed by atoms with Crippen LogP contribution in [0.5, 0.6) is 0 Å². The molecule has 1 saturated heterocycles. The fourth-order valence-corrected chi connectivity index (χ4v) is 3.05. The summed E-state index contributed by atoms with van der Waals surface area (Å²) >= 11 is 0. The number of hydrogen-bond acceptors (Lipinski definition) is 3. The third-order valence-corrected chi connectivity index (χ3v) is 4.68. The number of nitrogens with zero attached hydrogens (tertiary/aromatic N) is 3. The Morgan fingerprint density at radius 1 is 1.26 bits per heavy atom. The summed E-state index contributed by atoms with van der Waals surface area (Å²) in [6, 6.07) is 2.25. The average molecular weight is 327 g/mol. The Balaban J connectivity index is 1.61. The molecule has 1 aliphatic heterocycles. The molecule has 0 aromatic carbocycles. The predicted octanol–water partition coefficient (Wildman–Crippen LogP) is 2.94. The molecule has 1 saturated carbocycles. The van der Waals surface area contributed by atoms with Crippen LogP contribution in [-0.2, 0) is 11.0 Å². The van der Waals surface area contributed by atoms with Gasteiger partial charge in [0.15, 0.2) is 0 Å². The second kappa shape index (κ2) is 6.02. The quantitative estimate of drug-likeness (QED) is 0.856. The van der Waals surface area contributed by atoms with Crippen LogP contribution in [0.4, 0.5) is 19.0 Å². The third kappa shape index (κ3) is 3.59. The highest BCUT2D eigenvalue weighted by atomic mass is 19.4. The molecule has 7 heteroatoms. The van der Waals surface area contributed by atoms with E-state index in [1.807, 2.05) is 16.8 Å². The first-order valence-electron chi connectivity index (χ1n) is 7.91. The number of aromatic nitrogens is 1. The molecular weight excluding hydrogens is 307 g/mol. The van der Waals surface area contributed by atoms with Crippen LogP contribution in [0.2, 0.25) is 0 Å². The minimum Gasteiger partial charge on any atom is -0.356 e. The van der Waals surface area contributed by atoms with E-state index in [-0.39, 0.29) is 17.9 Å². The van der Waals surface area contributed by atoms with Crippen LogP contribution in [-0.4, -0.2) is 42.0 Å². The number of piperidine rings is 1. The molecule has 1 aromatic heterocycles. The number of carbonyl (C=O) groups excluding carboxylic acids is 1. The van der Waals surface area contributed by atoms with Gasteiger partial charge in [0, 0.05) is 38.3 Å². The maximum atomic E-state index is 12.8. The molecule has 4 nitrogen and oxygen atoms in total. The maximum Gasteiger partial charge on any atom is 0.416 e. The molecule has 1 aromatic rings. The molecule has 2 aliphatic rings. The Labute approximate surface area is 133 Å². The Morgan fingerprint density at radius 3 is 2.48 bits per heavy atom. The summed E-state index contributed by atoms with van der Waals surface area (Å²) in [5.74, 6) is 0.762. The van der Waals surface area contributed by atoms with Gasteiger partial charge in [0.1, 0.15) is 5.82 Å². The summed E-state index contributed by atoms with van der Waals surface area (Å²) in [5, 5.41) is 0. The van der Waals surface area contributed by atoms with E-state index < -0.39 is 11.7 Å². The zero-order valence-electron chi connectivity index (χ0n) is 13.0. The van der Waals surface area contributed by atoms with Gasteiger partial charge < -0.3 is 9.80 Å². The van der Waals surface area contributed by atoms with E-state index in [1.54, 1.807) is 0 Å². The van der Waals surface area contributed by atoms with Gasteiger partial charge in [0.05, 0.1) is 5.56 Å². The fraction of sp³-hybridized carbons (Fsp3) is 0.625.